The number of hydrogen-bond acceptors (Lipinski definition) is 4. The smallest absolute Gasteiger partial charge is 0.285 e. The van der Waals surface area contributed by atoms with Crippen LogP contribution in [0.4, 0.5) is 5.69 Å². The first-order valence-corrected chi connectivity index (χ1v) is 6.37. The fourth-order valence-electron chi connectivity index (χ4n) is 1.36. The summed E-state index contributed by atoms with van der Waals surface area (Å²) in [5.41, 5.74) is 1.27. The van der Waals surface area contributed by atoms with Gasteiger partial charge in [0.05, 0.1) is 4.92 Å². The molecule has 1 aromatic rings. The lowest BCUT2D eigenvalue weighted by Crippen LogP contribution is -1.94. The minimum Gasteiger partial charge on any atom is -0.288 e. The third-order valence-electron chi connectivity index (χ3n) is 2.19. The van der Waals surface area contributed by atoms with Gasteiger partial charge in [-0.3, -0.25) is 14.9 Å². The maximum Gasteiger partial charge on any atom is 0.285 e. The van der Waals surface area contributed by atoms with Crippen LogP contribution >= 0.6 is 11.8 Å². The molecule has 0 aliphatic rings. The molecule has 0 N–H and O–H groups in total. The molecule has 0 heterocycles. The summed E-state index contributed by atoms with van der Waals surface area (Å²) >= 11 is 1.21. The Kier molecular flexibility index (Phi) is 5.40. The molecular weight excluding hydrogens is 250 g/mol. The first-order valence-electron chi connectivity index (χ1n) is 5.38. The molecule has 0 bridgehead atoms. The van der Waals surface area contributed by atoms with E-state index in [-0.39, 0.29) is 10.8 Å². The number of nitro groups is 1. The molecule has 0 saturated carbocycles. The van der Waals surface area contributed by atoms with Gasteiger partial charge in [-0.2, -0.15) is 0 Å². The minimum absolute atomic E-state index is 0.0294. The molecular formula is C13H13NO3S. The summed E-state index contributed by atoms with van der Waals surface area (Å²) in [6, 6.07) is 4.88. The van der Waals surface area contributed by atoms with E-state index in [0.29, 0.717) is 17.7 Å². The highest BCUT2D eigenvalue weighted by atomic mass is 32.2. The maximum absolute atomic E-state index is 10.8. The summed E-state index contributed by atoms with van der Waals surface area (Å²) in [7, 11) is 0. The minimum atomic E-state index is -0.429. The second-order valence-corrected chi connectivity index (χ2v) is 4.89. The van der Waals surface area contributed by atoms with E-state index in [0.717, 1.165) is 5.56 Å². The molecule has 4 nitrogen and oxygen atoms in total. The molecule has 1 rings (SSSR count). The van der Waals surface area contributed by atoms with Crippen molar-refractivity contribution in [2.45, 2.75) is 20.3 Å². The van der Waals surface area contributed by atoms with Gasteiger partial charge in [-0.25, -0.2) is 0 Å². The molecule has 0 radical (unpaired) electrons. The highest BCUT2D eigenvalue weighted by molar-refractivity contribution is 8.13. The van der Waals surface area contributed by atoms with Crippen LogP contribution in [-0.2, 0) is 4.79 Å². The quantitative estimate of drug-likeness (QED) is 0.364. The van der Waals surface area contributed by atoms with Crippen LogP contribution in [0, 0.1) is 28.9 Å². The number of carbonyl (C=O) groups excluding carboxylic acids is 1. The molecule has 0 aliphatic carbocycles. The second kappa shape index (κ2) is 6.82. The summed E-state index contributed by atoms with van der Waals surface area (Å²) in [4.78, 5) is 21.1. The van der Waals surface area contributed by atoms with Gasteiger partial charge in [0.15, 0.2) is 5.12 Å². The van der Waals surface area contributed by atoms with Crippen LogP contribution < -0.4 is 0 Å². The van der Waals surface area contributed by atoms with Crippen molar-refractivity contribution in [3.05, 3.63) is 39.4 Å². The van der Waals surface area contributed by atoms with E-state index < -0.39 is 4.92 Å². The number of hydrogen-bond donors (Lipinski definition) is 0. The second-order valence-electron chi connectivity index (χ2n) is 3.62. The molecule has 18 heavy (non-hydrogen) atoms. The zero-order valence-electron chi connectivity index (χ0n) is 10.2. The number of nitrogens with zero attached hydrogens (tertiary/aromatic N) is 1. The molecule has 0 amide bonds. The van der Waals surface area contributed by atoms with Crippen molar-refractivity contribution in [2.75, 3.05) is 5.75 Å². The van der Waals surface area contributed by atoms with E-state index >= 15 is 0 Å². The van der Waals surface area contributed by atoms with Crippen molar-refractivity contribution in [2.24, 2.45) is 0 Å². The summed E-state index contributed by atoms with van der Waals surface area (Å²) in [6.45, 7) is 3.30. The van der Waals surface area contributed by atoms with Gasteiger partial charge in [0, 0.05) is 25.2 Å². The first kappa shape index (κ1) is 14.3. The SMILES string of the molecule is CC(=O)SCCC#Cc1c(C)cccc1[N+](=O)[O-]. The Bertz CT molecular complexity index is 529. The van der Waals surface area contributed by atoms with Crippen molar-refractivity contribution in [3.63, 3.8) is 0 Å². The lowest BCUT2D eigenvalue weighted by atomic mass is 10.1. The number of benzene rings is 1. The average molecular weight is 263 g/mol. The van der Waals surface area contributed by atoms with Gasteiger partial charge in [-0.15, -0.1) is 0 Å². The maximum atomic E-state index is 10.8. The third kappa shape index (κ3) is 4.22. The van der Waals surface area contributed by atoms with Gasteiger partial charge in [0.1, 0.15) is 5.56 Å². The Morgan fingerprint density at radius 2 is 2.22 bits per heavy atom. The fourth-order valence-corrected chi connectivity index (χ4v) is 1.86. The molecule has 0 fully saturated rings. The summed E-state index contributed by atoms with van der Waals surface area (Å²) in [5, 5.41) is 10.9. The summed E-state index contributed by atoms with van der Waals surface area (Å²) in [6.07, 6.45) is 0.537. The zero-order chi connectivity index (χ0) is 13.5. The van der Waals surface area contributed by atoms with E-state index in [9.17, 15) is 14.9 Å². The van der Waals surface area contributed by atoms with E-state index in [4.69, 9.17) is 0 Å². The molecule has 0 atom stereocenters. The van der Waals surface area contributed by atoms with Crippen LogP contribution in [0.15, 0.2) is 18.2 Å². The first-order chi connectivity index (χ1) is 8.52. The van der Waals surface area contributed by atoms with Gasteiger partial charge in [0.25, 0.3) is 5.69 Å². The molecule has 0 saturated heterocycles. The lowest BCUT2D eigenvalue weighted by molar-refractivity contribution is -0.385. The number of thioether (sulfide) groups is 1. The monoisotopic (exact) mass is 263 g/mol. The van der Waals surface area contributed by atoms with Crippen LogP contribution in [0.2, 0.25) is 0 Å². The van der Waals surface area contributed by atoms with Crippen molar-refractivity contribution >= 4 is 22.6 Å². The zero-order valence-corrected chi connectivity index (χ0v) is 11.0. The predicted molar refractivity (Wildman–Crippen MR) is 72.5 cm³/mol. The Balaban J connectivity index is 2.81. The summed E-state index contributed by atoms with van der Waals surface area (Å²) < 4.78 is 0. The highest BCUT2D eigenvalue weighted by Crippen LogP contribution is 2.20. The molecule has 0 aromatic heterocycles. The number of carbonyl (C=O) groups is 1. The normalized spacial score (nSPS) is 9.44. The summed E-state index contributed by atoms with van der Waals surface area (Å²) in [5.74, 6) is 6.30. The third-order valence-corrected chi connectivity index (χ3v) is 3.01. The number of nitro benzene ring substituents is 1. The van der Waals surface area contributed by atoms with Crippen LogP contribution in [0.1, 0.15) is 24.5 Å². The fraction of sp³-hybridized carbons (Fsp3) is 0.308. The van der Waals surface area contributed by atoms with Crippen LogP contribution in [0.25, 0.3) is 0 Å². The van der Waals surface area contributed by atoms with E-state index in [1.807, 2.05) is 0 Å². The van der Waals surface area contributed by atoms with E-state index in [1.165, 1.54) is 24.8 Å². The molecule has 94 valence electrons. The molecule has 0 aliphatic heterocycles. The van der Waals surface area contributed by atoms with Crippen LogP contribution in [-0.4, -0.2) is 15.8 Å². The van der Waals surface area contributed by atoms with Gasteiger partial charge < -0.3 is 0 Å². The van der Waals surface area contributed by atoms with Gasteiger partial charge >= 0.3 is 0 Å². The Labute approximate surface area is 110 Å². The lowest BCUT2D eigenvalue weighted by Gasteiger charge is -1.98. The average Bonchev–Trinajstić information content (AvgIpc) is 2.29. The van der Waals surface area contributed by atoms with Crippen molar-refractivity contribution in [1.82, 2.24) is 0 Å². The molecule has 0 unspecified atom stereocenters. The van der Waals surface area contributed by atoms with Gasteiger partial charge in [-0.1, -0.05) is 35.7 Å². The molecule has 5 heteroatoms. The van der Waals surface area contributed by atoms with Gasteiger partial charge in [-0.05, 0) is 12.5 Å². The predicted octanol–water partition coefficient (Wildman–Crippen LogP) is 2.92. The van der Waals surface area contributed by atoms with E-state index in [1.54, 1.807) is 19.1 Å². The van der Waals surface area contributed by atoms with E-state index in [2.05, 4.69) is 11.8 Å². The Hall–Kier alpha value is -1.80. The number of rotatable bonds is 3. The van der Waals surface area contributed by atoms with Crippen molar-refractivity contribution < 1.29 is 9.72 Å². The largest absolute Gasteiger partial charge is 0.288 e. The number of aryl methyl sites for hydroxylation is 1. The molecule has 0 spiro atoms. The standard InChI is InChI=1S/C13H13NO3S/c1-10-6-5-8-13(14(16)17)12(10)7-3-4-9-18-11(2)15/h5-6,8H,4,9H2,1-2H3. The highest BCUT2D eigenvalue weighted by Gasteiger charge is 2.12. The van der Waals surface area contributed by atoms with Gasteiger partial charge in [0.2, 0.25) is 0 Å². The Morgan fingerprint density at radius 3 is 2.83 bits per heavy atom. The Morgan fingerprint density at radius 1 is 1.50 bits per heavy atom. The van der Waals surface area contributed by atoms with Crippen molar-refractivity contribution in [3.8, 4) is 11.8 Å². The van der Waals surface area contributed by atoms with Crippen LogP contribution in [0.3, 0.4) is 0 Å². The molecule has 1 aromatic carbocycles. The van der Waals surface area contributed by atoms with Crippen LogP contribution in [0.5, 0.6) is 0 Å². The van der Waals surface area contributed by atoms with Crippen molar-refractivity contribution in [1.29, 1.82) is 0 Å². The topological polar surface area (TPSA) is 60.2 Å².